The Morgan fingerprint density at radius 2 is 1.78 bits per heavy atom. The zero-order valence-corrected chi connectivity index (χ0v) is 11.1. The van der Waals surface area contributed by atoms with E-state index >= 15 is 0 Å². The third kappa shape index (κ3) is 5.49. The molecule has 18 heavy (non-hydrogen) atoms. The second-order valence-corrected chi connectivity index (χ2v) is 5.09. The molecule has 104 valence electrons. The Balaban J connectivity index is 2.17. The zero-order valence-electron chi connectivity index (χ0n) is 11.1. The van der Waals surface area contributed by atoms with Crippen molar-refractivity contribution >= 4 is 11.8 Å². The van der Waals surface area contributed by atoms with E-state index in [2.05, 4.69) is 0 Å². The third-order valence-corrected chi connectivity index (χ3v) is 3.55. The largest absolute Gasteiger partial charge is 0.370 e. The van der Waals surface area contributed by atoms with Crippen LogP contribution in [0.15, 0.2) is 0 Å². The van der Waals surface area contributed by atoms with Gasteiger partial charge in [-0.3, -0.25) is 9.59 Å². The summed E-state index contributed by atoms with van der Waals surface area (Å²) in [6.07, 6.45) is 5.83. The predicted octanol–water partition coefficient (Wildman–Crippen LogP) is 0.620. The molecule has 5 heteroatoms. The van der Waals surface area contributed by atoms with Gasteiger partial charge in [0.05, 0.1) is 0 Å². The summed E-state index contributed by atoms with van der Waals surface area (Å²) in [5, 5.41) is 0. The minimum Gasteiger partial charge on any atom is -0.370 e. The molecule has 0 spiro atoms. The number of piperidine rings is 1. The maximum atomic E-state index is 11.9. The van der Waals surface area contributed by atoms with Gasteiger partial charge in [0.25, 0.3) is 0 Å². The standard InChI is InChI=1S/C13H25N3O2/c14-7-3-1-2-4-13(18)16-8-5-11(6-9-16)10-12(15)17/h11H,1-10,14H2,(H2,15,17). The summed E-state index contributed by atoms with van der Waals surface area (Å²) in [6, 6.07) is 0. The molecule has 1 aliphatic rings. The maximum Gasteiger partial charge on any atom is 0.222 e. The molecule has 0 saturated carbocycles. The SMILES string of the molecule is NCCCCCC(=O)N1CCC(CC(N)=O)CC1. The summed E-state index contributed by atoms with van der Waals surface area (Å²) < 4.78 is 0. The van der Waals surface area contributed by atoms with Crippen LogP contribution in [0.5, 0.6) is 0 Å². The molecule has 5 nitrogen and oxygen atoms in total. The first-order valence-corrected chi connectivity index (χ1v) is 6.89. The predicted molar refractivity (Wildman–Crippen MR) is 70.6 cm³/mol. The van der Waals surface area contributed by atoms with Gasteiger partial charge in [-0.25, -0.2) is 0 Å². The highest BCUT2D eigenvalue weighted by atomic mass is 16.2. The second-order valence-electron chi connectivity index (χ2n) is 5.09. The molecule has 1 rings (SSSR count). The minimum absolute atomic E-state index is 0.235. The van der Waals surface area contributed by atoms with Crippen LogP contribution in [-0.4, -0.2) is 36.3 Å². The van der Waals surface area contributed by atoms with Crippen molar-refractivity contribution in [1.29, 1.82) is 0 Å². The molecule has 1 fully saturated rings. The summed E-state index contributed by atoms with van der Waals surface area (Å²) in [7, 11) is 0. The summed E-state index contributed by atoms with van der Waals surface area (Å²) in [5.74, 6) is 0.370. The van der Waals surface area contributed by atoms with Crippen LogP contribution >= 0.6 is 0 Å². The Hall–Kier alpha value is -1.10. The van der Waals surface area contributed by atoms with Crippen LogP contribution in [0, 0.1) is 5.92 Å². The summed E-state index contributed by atoms with van der Waals surface area (Å²) >= 11 is 0. The van der Waals surface area contributed by atoms with Crippen LogP contribution in [0.1, 0.15) is 44.9 Å². The van der Waals surface area contributed by atoms with Crippen LogP contribution < -0.4 is 11.5 Å². The zero-order chi connectivity index (χ0) is 13.4. The van der Waals surface area contributed by atoms with E-state index in [4.69, 9.17) is 11.5 Å². The van der Waals surface area contributed by atoms with Crippen molar-refractivity contribution < 1.29 is 9.59 Å². The molecule has 0 aromatic carbocycles. The fourth-order valence-electron chi connectivity index (χ4n) is 2.43. The van der Waals surface area contributed by atoms with Crippen molar-refractivity contribution in [1.82, 2.24) is 4.90 Å². The van der Waals surface area contributed by atoms with Crippen molar-refractivity contribution in [3.05, 3.63) is 0 Å². The lowest BCUT2D eigenvalue weighted by molar-refractivity contribution is -0.132. The van der Waals surface area contributed by atoms with Gasteiger partial charge in [0.15, 0.2) is 0 Å². The van der Waals surface area contributed by atoms with Crippen molar-refractivity contribution in [3.8, 4) is 0 Å². The van der Waals surface area contributed by atoms with Crippen LogP contribution in [0.3, 0.4) is 0 Å². The van der Waals surface area contributed by atoms with Crippen LogP contribution in [0.2, 0.25) is 0 Å². The first kappa shape index (κ1) is 15.0. The number of nitrogens with zero attached hydrogens (tertiary/aromatic N) is 1. The second kappa shape index (κ2) is 8.08. The molecule has 0 atom stereocenters. The Bertz CT molecular complexity index is 273. The van der Waals surface area contributed by atoms with Crippen molar-refractivity contribution in [2.75, 3.05) is 19.6 Å². The highest BCUT2D eigenvalue weighted by molar-refractivity contribution is 5.76. The lowest BCUT2D eigenvalue weighted by atomic mass is 9.93. The first-order valence-electron chi connectivity index (χ1n) is 6.89. The Labute approximate surface area is 109 Å². The highest BCUT2D eigenvalue weighted by Crippen LogP contribution is 2.20. The normalized spacial score (nSPS) is 16.8. The van der Waals surface area contributed by atoms with Crippen LogP contribution in [0.4, 0.5) is 0 Å². The van der Waals surface area contributed by atoms with Gasteiger partial charge in [-0.05, 0) is 38.1 Å². The fraction of sp³-hybridized carbons (Fsp3) is 0.846. The molecule has 0 bridgehead atoms. The molecule has 1 saturated heterocycles. The lowest BCUT2D eigenvalue weighted by Crippen LogP contribution is -2.39. The van der Waals surface area contributed by atoms with E-state index in [9.17, 15) is 9.59 Å². The first-order chi connectivity index (χ1) is 8.63. The van der Waals surface area contributed by atoms with Crippen molar-refractivity contribution in [3.63, 3.8) is 0 Å². The maximum absolute atomic E-state index is 11.9. The molecule has 1 heterocycles. The number of hydrogen-bond acceptors (Lipinski definition) is 3. The van der Waals surface area contributed by atoms with E-state index in [0.29, 0.717) is 25.3 Å². The van der Waals surface area contributed by atoms with Gasteiger partial charge in [-0.2, -0.15) is 0 Å². The number of rotatable bonds is 7. The molecule has 0 unspecified atom stereocenters. The Morgan fingerprint density at radius 3 is 2.33 bits per heavy atom. The van der Waals surface area contributed by atoms with Crippen molar-refractivity contribution in [2.45, 2.75) is 44.9 Å². The van der Waals surface area contributed by atoms with Gasteiger partial charge in [0.1, 0.15) is 0 Å². The smallest absolute Gasteiger partial charge is 0.222 e. The quantitative estimate of drug-likeness (QED) is 0.653. The van der Waals surface area contributed by atoms with E-state index in [1.807, 2.05) is 4.90 Å². The summed E-state index contributed by atoms with van der Waals surface area (Å²) in [4.78, 5) is 24.6. The molecule has 0 aromatic rings. The van der Waals surface area contributed by atoms with Gasteiger partial charge >= 0.3 is 0 Å². The monoisotopic (exact) mass is 255 g/mol. The van der Waals surface area contributed by atoms with Gasteiger partial charge in [0, 0.05) is 25.9 Å². The number of carbonyl (C=O) groups is 2. The van der Waals surface area contributed by atoms with E-state index in [-0.39, 0.29) is 11.8 Å². The van der Waals surface area contributed by atoms with Crippen LogP contribution in [0.25, 0.3) is 0 Å². The third-order valence-electron chi connectivity index (χ3n) is 3.55. The number of primary amides is 1. The molecular weight excluding hydrogens is 230 g/mol. The van der Waals surface area contributed by atoms with Gasteiger partial charge in [0.2, 0.25) is 11.8 Å². The molecule has 4 N–H and O–H groups in total. The van der Waals surface area contributed by atoms with Gasteiger partial charge < -0.3 is 16.4 Å². The topological polar surface area (TPSA) is 89.4 Å². The minimum atomic E-state index is -0.235. The number of amides is 2. The molecule has 0 aliphatic carbocycles. The average Bonchev–Trinajstić information content (AvgIpc) is 2.34. The summed E-state index contributed by atoms with van der Waals surface area (Å²) in [6.45, 7) is 2.24. The fourth-order valence-corrected chi connectivity index (χ4v) is 2.43. The number of nitrogens with two attached hydrogens (primary N) is 2. The number of likely N-dealkylation sites (tertiary alicyclic amines) is 1. The van der Waals surface area contributed by atoms with E-state index < -0.39 is 0 Å². The van der Waals surface area contributed by atoms with Crippen LogP contribution in [-0.2, 0) is 9.59 Å². The van der Waals surface area contributed by atoms with Crippen molar-refractivity contribution in [2.24, 2.45) is 17.4 Å². The average molecular weight is 255 g/mol. The Morgan fingerprint density at radius 1 is 1.11 bits per heavy atom. The number of hydrogen-bond donors (Lipinski definition) is 2. The van der Waals surface area contributed by atoms with Gasteiger partial charge in [-0.1, -0.05) is 6.42 Å². The Kier molecular flexibility index (Phi) is 6.72. The lowest BCUT2D eigenvalue weighted by Gasteiger charge is -2.31. The molecular formula is C13H25N3O2. The van der Waals surface area contributed by atoms with Gasteiger partial charge in [-0.15, -0.1) is 0 Å². The molecule has 1 aliphatic heterocycles. The number of carbonyl (C=O) groups excluding carboxylic acids is 2. The van der Waals surface area contributed by atoms with E-state index in [1.54, 1.807) is 0 Å². The molecule has 0 aromatic heterocycles. The van der Waals surface area contributed by atoms with E-state index in [1.165, 1.54) is 0 Å². The molecule has 0 radical (unpaired) electrons. The van der Waals surface area contributed by atoms with E-state index in [0.717, 1.165) is 45.2 Å². The number of unbranched alkanes of at least 4 members (excludes halogenated alkanes) is 2. The highest BCUT2D eigenvalue weighted by Gasteiger charge is 2.23. The summed E-state index contributed by atoms with van der Waals surface area (Å²) in [5.41, 5.74) is 10.6. The molecule has 2 amide bonds.